The van der Waals surface area contributed by atoms with Crippen molar-refractivity contribution in [1.29, 1.82) is 0 Å². The highest BCUT2D eigenvalue weighted by Crippen LogP contribution is 2.09. The fourth-order valence-electron chi connectivity index (χ4n) is 1.27. The zero-order valence-electron chi connectivity index (χ0n) is 7.77. The molecule has 1 heterocycles. The highest BCUT2D eigenvalue weighted by atomic mass is 16.5. The number of hydrogen-bond donors (Lipinski definition) is 1. The van der Waals surface area contributed by atoms with Crippen LogP contribution in [0.1, 0.15) is 12.8 Å². The number of carbonyl (C=O) groups excluding carboxylic acids is 1. The number of carbonyl (C=O) groups is 1. The van der Waals surface area contributed by atoms with E-state index in [9.17, 15) is 9.90 Å². The highest BCUT2D eigenvalue weighted by Gasteiger charge is 2.13. The van der Waals surface area contributed by atoms with Crippen LogP contribution < -0.4 is 0 Å². The molecule has 0 aromatic heterocycles. The van der Waals surface area contributed by atoms with Crippen molar-refractivity contribution >= 4 is 5.97 Å². The van der Waals surface area contributed by atoms with Gasteiger partial charge in [-0.3, -0.25) is 0 Å². The van der Waals surface area contributed by atoms with Gasteiger partial charge in [-0.1, -0.05) is 0 Å². The van der Waals surface area contributed by atoms with Crippen molar-refractivity contribution in [2.75, 3.05) is 20.2 Å². The average molecular weight is 185 g/mol. The van der Waals surface area contributed by atoms with Crippen molar-refractivity contribution in [3.05, 3.63) is 12.3 Å². The van der Waals surface area contributed by atoms with E-state index in [1.807, 2.05) is 4.90 Å². The summed E-state index contributed by atoms with van der Waals surface area (Å²) in [6.07, 6.45) is 4.48. The number of hydrogen-bond acceptors (Lipinski definition) is 4. The Bertz CT molecular complexity index is 195. The monoisotopic (exact) mass is 185 g/mol. The topological polar surface area (TPSA) is 49.8 Å². The maximum absolute atomic E-state index is 10.7. The molecule has 1 aliphatic rings. The smallest absolute Gasteiger partial charge is 0.331 e. The molecule has 74 valence electrons. The molecule has 4 heteroatoms. The van der Waals surface area contributed by atoms with Gasteiger partial charge in [-0.2, -0.15) is 0 Å². The van der Waals surface area contributed by atoms with Gasteiger partial charge in [0.05, 0.1) is 13.2 Å². The molecule has 0 atom stereocenters. The van der Waals surface area contributed by atoms with Gasteiger partial charge in [-0.25, -0.2) is 4.79 Å². The zero-order valence-corrected chi connectivity index (χ0v) is 7.77. The summed E-state index contributed by atoms with van der Waals surface area (Å²) in [5.41, 5.74) is 0. The number of ether oxygens (including phenoxy) is 1. The van der Waals surface area contributed by atoms with Crippen LogP contribution in [0.25, 0.3) is 0 Å². The Balaban J connectivity index is 2.29. The minimum absolute atomic E-state index is 0.178. The first kappa shape index (κ1) is 10.1. The van der Waals surface area contributed by atoms with E-state index in [-0.39, 0.29) is 12.1 Å². The third kappa shape index (κ3) is 3.46. The predicted octanol–water partition coefficient (Wildman–Crippen LogP) is 0.130. The highest BCUT2D eigenvalue weighted by molar-refractivity contribution is 5.81. The van der Waals surface area contributed by atoms with Crippen LogP contribution in [0.4, 0.5) is 0 Å². The molecule has 0 unspecified atom stereocenters. The summed E-state index contributed by atoms with van der Waals surface area (Å²) in [5.74, 6) is -0.342. The summed E-state index contributed by atoms with van der Waals surface area (Å²) in [6.45, 7) is 1.60. The zero-order chi connectivity index (χ0) is 9.68. The van der Waals surface area contributed by atoms with Crippen molar-refractivity contribution in [3.63, 3.8) is 0 Å². The Labute approximate surface area is 77.8 Å². The van der Waals surface area contributed by atoms with Crippen LogP contribution in [0.15, 0.2) is 12.3 Å². The quantitative estimate of drug-likeness (QED) is 0.490. The van der Waals surface area contributed by atoms with Crippen molar-refractivity contribution < 1.29 is 14.6 Å². The van der Waals surface area contributed by atoms with E-state index in [2.05, 4.69) is 4.74 Å². The number of aliphatic hydroxyl groups excluding tert-OH is 1. The fourth-order valence-corrected chi connectivity index (χ4v) is 1.27. The molecule has 1 N–H and O–H groups in total. The molecular formula is C9H15NO3. The standard InChI is InChI=1S/C9H15NO3/c1-13-9(12)4-7-10-5-2-8(11)3-6-10/h4,7-8,11H,2-3,5-6H2,1H3. The molecule has 0 saturated carbocycles. The second kappa shape index (κ2) is 4.87. The van der Waals surface area contributed by atoms with E-state index < -0.39 is 0 Å². The van der Waals surface area contributed by atoms with E-state index >= 15 is 0 Å². The summed E-state index contributed by atoms with van der Waals surface area (Å²) in [4.78, 5) is 12.7. The van der Waals surface area contributed by atoms with Crippen LogP contribution in [0.3, 0.4) is 0 Å². The molecule has 0 radical (unpaired) electrons. The number of aliphatic hydroxyl groups is 1. The molecule has 1 aliphatic heterocycles. The largest absolute Gasteiger partial charge is 0.466 e. The summed E-state index contributed by atoms with van der Waals surface area (Å²) >= 11 is 0. The minimum Gasteiger partial charge on any atom is -0.466 e. The maximum Gasteiger partial charge on any atom is 0.331 e. The first-order valence-electron chi connectivity index (χ1n) is 4.40. The molecule has 1 saturated heterocycles. The SMILES string of the molecule is COC(=O)C=CN1CCC(O)CC1. The molecule has 1 rings (SSSR count). The summed E-state index contributed by atoms with van der Waals surface area (Å²) in [5, 5.41) is 9.21. The third-order valence-electron chi connectivity index (χ3n) is 2.12. The van der Waals surface area contributed by atoms with Crippen molar-refractivity contribution in [2.45, 2.75) is 18.9 Å². The molecule has 13 heavy (non-hydrogen) atoms. The molecule has 0 aromatic rings. The van der Waals surface area contributed by atoms with Crippen LogP contribution in [0.2, 0.25) is 0 Å². The van der Waals surface area contributed by atoms with Crippen molar-refractivity contribution in [1.82, 2.24) is 4.90 Å². The van der Waals surface area contributed by atoms with Gasteiger partial charge in [-0.15, -0.1) is 0 Å². The van der Waals surface area contributed by atoms with Gasteiger partial charge in [0, 0.05) is 25.4 Å². The lowest BCUT2D eigenvalue weighted by molar-refractivity contribution is -0.134. The van der Waals surface area contributed by atoms with Crippen LogP contribution in [-0.2, 0) is 9.53 Å². The number of methoxy groups -OCH3 is 1. The Morgan fingerprint density at radius 1 is 1.54 bits per heavy atom. The van der Waals surface area contributed by atoms with Gasteiger partial charge >= 0.3 is 5.97 Å². The molecule has 0 amide bonds. The molecule has 0 bridgehead atoms. The van der Waals surface area contributed by atoms with Gasteiger partial charge in [0.25, 0.3) is 0 Å². The van der Waals surface area contributed by atoms with Crippen LogP contribution in [0, 0.1) is 0 Å². The van der Waals surface area contributed by atoms with Gasteiger partial charge in [0.2, 0.25) is 0 Å². The Morgan fingerprint density at radius 3 is 2.69 bits per heavy atom. The lowest BCUT2D eigenvalue weighted by Gasteiger charge is -2.28. The van der Waals surface area contributed by atoms with E-state index in [1.165, 1.54) is 13.2 Å². The third-order valence-corrected chi connectivity index (χ3v) is 2.12. The molecule has 4 nitrogen and oxygen atoms in total. The van der Waals surface area contributed by atoms with Gasteiger partial charge in [0.1, 0.15) is 0 Å². The Hall–Kier alpha value is -1.03. The van der Waals surface area contributed by atoms with E-state index in [0.717, 1.165) is 25.9 Å². The molecule has 0 spiro atoms. The van der Waals surface area contributed by atoms with Gasteiger partial charge in [0.15, 0.2) is 0 Å². The second-order valence-electron chi connectivity index (χ2n) is 3.11. The molecule has 0 aliphatic carbocycles. The minimum atomic E-state index is -0.342. The van der Waals surface area contributed by atoms with Crippen LogP contribution in [-0.4, -0.2) is 42.3 Å². The summed E-state index contributed by atoms with van der Waals surface area (Å²) in [7, 11) is 1.35. The second-order valence-corrected chi connectivity index (χ2v) is 3.11. The number of piperidine rings is 1. The average Bonchev–Trinajstić information content (AvgIpc) is 2.16. The van der Waals surface area contributed by atoms with Gasteiger partial charge in [-0.05, 0) is 12.8 Å². The lowest BCUT2D eigenvalue weighted by atomic mass is 10.1. The van der Waals surface area contributed by atoms with E-state index in [1.54, 1.807) is 6.20 Å². The fraction of sp³-hybridized carbons (Fsp3) is 0.667. The van der Waals surface area contributed by atoms with E-state index in [4.69, 9.17) is 0 Å². The van der Waals surface area contributed by atoms with Crippen molar-refractivity contribution in [3.8, 4) is 0 Å². The Morgan fingerprint density at radius 2 is 2.15 bits per heavy atom. The van der Waals surface area contributed by atoms with Crippen molar-refractivity contribution in [2.24, 2.45) is 0 Å². The lowest BCUT2D eigenvalue weighted by Crippen LogP contribution is -2.32. The van der Waals surface area contributed by atoms with E-state index in [0.29, 0.717) is 0 Å². The molecule has 1 fully saturated rings. The number of nitrogens with zero attached hydrogens (tertiary/aromatic N) is 1. The summed E-state index contributed by atoms with van der Waals surface area (Å²) < 4.78 is 4.46. The predicted molar refractivity (Wildman–Crippen MR) is 48.0 cm³/mol. The normalized spacial score (nSPS) is 19.4. The first-order valence-corrected chi connectivity index (χ1v) is 4.40. The van der Waals surface area contributed by atoms with Crippen LogP contribution in [0.5, 0.6) is 0 Å². The maximum atomic E-state index is 10.7. The Kier molecular flexibility index (Phi) is 3.76. The van der Waals surface area contributed by atoms with Gasteiger partial charge < -0.3 is 14.7 Å². The van der Waals surface area contributed by atoms with Crippen LogP contribution >= 0.6 is 0 Å². The summed E-state index contributed by atoms with van der Waals surface area (Å²) in [6, 6.07) is 0. The molecule has 0 aromatic carbocycles. The first-order chi connectivity index (χ1) is 6.22. The number of likely N-dealkylation sites (tertiary alicyclic amines) is 1. The number of rotatable bonds is 2. The molecular weight excluding hydrogens is 170 g/mol. The number of esters is 1.